The number of nitrogens with one attached hydrogen (secondary N) is 1. The van der Waals surface area contributed by atoms with Crippen LogP contribution >= 0.6 is 63.7 Å². The van der Waals surface area contributed by atoms with Crippen molar-refractivity contribution in [3.05, 3.63) is 57.3 Å². The number of carboxylic acid groups (broad SMARTS) is 1. The van der Waals surface area contributed by atoms with Gasteiger partial charge >= 0.3 is 5.97 Å². The van der Waals surface area contributed by atoms with Crippen LogP contribution < -0.4 is 5.32 Å². The fourth-order valence-corrected chi connectivity index (χ4v) is 4.44. The maximum absolute atomic E-state index is 12.7. The van der Waals surface area contributed by atoms with Crippen LogP contribution in [-0.4, -0.2) is 27.0 Å². The lowest BCUT2D eigenvalue weighted by molar-refractivity contribution is -0.384. The van der Waals surface area contributed by atoms with Gasteiger partial charge in [0.15, 0.2) is 0 Å². The van der Waals surface area contributed by atoms with E-state index in [0.29, 0.717) is 8.95 Å². The molecule has 0 fully saturated rings. The number of halogens is 4. The summed E-state index contributed by atoms with van der Waals surface area (Å²) in [5, 5.41) is 32.4. The van der Waals surface area contributed by atoms with Gasteiger partial charge in [-0.2, -0.15) is 0 Å². The number of carbonyl (C=O) groups excluding carboxylic acids is 1. The number of carboxylic acids is 1. The molecule has 2 rings (SSSR count). The van der Waals surface area contributed by atoms with Crippen molar-refractivity contribution in [2.24, 2.45) is 0 Å². The van der Waals surface area contributed by atoms with Crippen molar-refractivity contribution in [3.8, 4) is 5.75 Å². The zero-order chi connectivity index (χ0) is 19.8. The third-order valence-corrected chi connectivity index (χ3v) is 7.92. The molecule has 0 atom stereocenters. The molecule has 12 heteroatoms. The number of benzene rings is 2. The lowest BCUT2D eigenvalue weighted by Crippen LogP contribution is -2.18. The minimum absolute atomic E-state index is 0.119. The van der Waals surface area contributed by atoms with Crippen LogP contribution in [-0.2, 0) is 0 Å². The Kier molecular flexibility index (Phi) is 6.42. The normalized spacial score (nSPS) is 10.5. The summed E-state index contributed by atoms with van der Waals surface area (Å²) in [7, 11) is 0. The number of aromatic hydroxyl groups is 1. The van der Waals surface area contributed by atoms with E-state index in [9.17, 15) is 29.9 Å². The van der Waals surface area contributed by atoms with Gasteiger partial charge in [-0.1, -0.05) is 0 Å². The molecule has 0 heterocycles. The first-order chi connectivity index (χ1) is 12.1. The van der Waals surface area contributed by atoms with Crippen LogP contribution in [0.25, 0.3) is 0 Å². The highest BCUT2D eigenvalue weighted by Crippen LogP contribution is 2.42. The third kappa shape index (κ3) is 3.92. The molecule has 0 aromatic heterocycles. The fourth-order valence-electron chi connectivity index (χ4n) is 1.97. The van der Waals surface area contributed by atoms with E-state index in [-0.39, 0.29) is 31.4 Å². The summed E-state index contributed by atoms with van der Waals surface area (Å²) in [4.78, 5) is 34.4. The average molecular weight is 618 g/mol. The second-order valence-corrected chi connectivity index (χ2v) is 7.90. The summed E-state index contributed by atoms with van der Waals surface area (Å²) < 4.78 is 1.01. The first kappa shape index (κ1) is 20.8. The largest absolute Gasteiger partial charge is 0.506 e. The fraction of sp³-hybridized carbons (Fsp3) is 0. The molecule has 1 amide bonds. The Morgan fingerprint density at radius 3 is 2.04 bits per heavy atom. The number of nitro groups is 1. The quantitative estimate of drug-likeness (QED) is 0.140. The number of phenolic OH excluding ortho intramolecular Hbond substituents is 1. The Hall–Kier alpha value is -1.50. The molecule has 136 valence electrons. The maximum atomic E-state index is 12.7. The molecule has 0 aliphatic heterocycles. The first-order valence-electron chi connectivity index (χ1n) is 6.44. The molecule has 2 aromatic rings. The van der Waals surface area contributed by atoms with E-state index in [1.54, 1.807) is 0 Å². The lowest BCUT2D eigenvalue weighted by atomic mass is 10.1. The van der Waals surface area contributed by atoms with E-state index in [1.807, 2.05) is 0 Å². The number of phenols is 1. The molecular weight excluding hydrogens is 612 g/mol. The Morgan fingerprint density at radius 2 is 1.54 bits per heavy atom. The van der Waals surface area contributed by atoms with Gasteiger partial charge in [-0.15, -0.1) is 0 Å². The molecule has 0 aliphatic carbocycles. The van der Waals surface area contributed by atoms with E-state index in [2.05, 4.69) is 69.0 Å². The number of aromatic carboxylic acids is 1. The highest BCUT2D eigenvalue weighted by molar-refractivity contribution is 9.15. The third-order valence-electron chi connectivity index (χ3n) is 3.15. The molecule has 26 heavy (non-hydrogen) atoms. The number of nitrogens with zero attached hydrogens (tertiary/aromatic N) is 1. The number of anilines is 1. The molecule has 0 spiro atoms. The zero-order valence-electron chi connectivity index (χ0n) is 12.2. The molecule has 2 aromatic carbocycles. The number of hydrogen-bond donors (Lipinski definition) is 3. The summed E-state index contributed by atoms with van der Waals surface area (Å²) in [6.07, 6.45) is 0. The number of nitro benzene ring substituents is 1. The predicted octanol–water partition coefficient (Wildman–Crippen LogP) is 5.30. The summed E-state index contributed by atoms with van der Waals surface area (Å²) in [5.74, 6) is -2.68. The minimum Gasteiger partial charge on any atom is -0.506 e. The molecule has 0 aliphatic rings. The minimum atomic E-state index is -1.38. The Labute approximate surface area is 179 Å². The van der Waals surface area contributed by atoms with Gasteiger partial charge < -0.3 is 15.5 Å². The summed E-state index contributed by atoms with van der Waals surface area (Å²) >= 11 is 12.7. The average Bonchev–Trinajstić information content (AvgIpc) is 2.57. The number of amides is 1. The van der Waals surface area contributed by atoms with Crippen LogP contribution in [0.3, 0.4) is 0 Å². The standard InChI is InChI=1S/C14H6Br4N2O6/c15-9-7(8(14(23)24)10(16)12(18)11(9)17)13(22)19-5-3-4(20(25)26)1-2-6(5)21/h1-3,21H,(H,19,22)(H,23,24). The predicted molar refractivity (Wildman–Crippen MR) is 107 cm³/mol. The van der Waals surface area contributed by atoms with E-state index in [4.69, 9.17) is 0 Å². The first-order valence-corrected chi connectivity index (χ1v) is 9.61. The van der Waals surface area contributed by atoms with Gasteiger partial charge in [0.2, 0.25) is 0 Å². The van der Waals surface area contributed by atoms with Crippen LogP contribution in [0.15, 0.2) is 36.1 Å². The number of hydrogen-bond acceptors (Lipinski definition) is 5. The van der Waals surface area contributed by atoms with Gasteiger partial charge in [0.1, 0.15) is 5.75 Å². The molecule has 0 saturated heterocycles. The lowest BCUT2D eigenvalue weighted by Gasteiger charge is -2.15. The van der Waals surface area contributed by atoms with E-state index in [0.717, 1.165) is 18.2 Å². The molecule has 0 unspecified atom stereocenters. The molecule has 0 radical (unpaired) electrons. The van der Waals surface area contributed by atoms with Gasteiger partial charge in [0, 0.05) is 30.0 Å². The van der Waals surface area contributed by atoms with Crippen LogP contribution in [0.4, 0.5) is 11.4 Å². The summed E-state index contributed by atoms with van der Waals surface area (Å²) in [6.45, 7) is 0. The van der Waals surface area contributed by atoms with Gasteiger partial charge in [-0.3, -0.25) is 14.9 Å². The van der Waals surface area contributed by atoms with Crippen molar-refractivity contribution in [1.29, 1.82) is 0 Å². The smallest absolute Gasteiger partial charge is 0.337 e. The van der Waals surface area contributed by atoms with Crippen LogP contribution in [0.5, 0.6) is 5.75 Å². The SMILES string of the molecule is O=C(O)c1c(Br)c(Br)c(Br)c(Br)c1C(=O)Nc1cc([N+](=O)[O-])ccc1O. The van der Waals surface area contributed by atoms with Gasteiger partial charge in [0.25, 0.3) is 11.6 Å². The van der Waals surface area contributed by atoms with Crippen molar-refractivity contribution in [2.45, 2.75) is 0 Å². The summed E-state index contributed by atoms with van der Waals surface area (Å²) in [5.41, 5.74) is -1.17. The van der Waals surface area contributed by atoms with Crippen LogP contribution in [0, 0.1) is 10.1 Å². The van der Waals surface area contributed by atoms with Crippen LogP contribution in [0.1, 0.15) is 20.7 Å². The van der Waals surface area contributed by atoms with Crippen molar-refractivity contribution in [3.63, 3.8) is 0 Å². The van der Waals surface area contributed by atoms with Gasteiger partial charge in [-0.05, 0) is 69.8 Å². The van der Waals surface area contributed by atoms with Crippen molar-refractivity contribution in [2.75, 3.05) is 5.32 Å². The second-order valence-electron chi connectivity index (χ2n) is 4.72. The number of non-ortho nitro benzene ring substituents is 1. The van der Waals surface area contributed by atoms with E-state index >= 15 is 0 Å². The molecule has 0 saturated carbocycles. The Morgan fingerprint density at radius 1 is 1.00 bits per heavy atom. The van der Waals surface area contributed by atoms with Crippen molar-refractivity contribution >= 4 is 87.0 Å². The topological polar surface area (TPSA) is 130 Å². The van der Waals surface area contributed by atoms with Crippen LogP contribution in [0.2, 0.25) is 0 Å². The molecule has 0 bridgehead atoms. The van der Waals surface area contributed by atoms with E-state index in [1.165, 1.54) is 0 Å². The Balaban J connectivity index is 2.60. The maximum Gasteiger partial charge on any atom is 0.337 e. The van der Waals surface area contributed by atoms with Crippen molar-refractivity contribution in [1.82, 2.24) is 0 Å². The number of rotatable bonds is 4. The molecule has 8 nitrogen and oxygen atoms in total. The molecule has 3 N–H and O–H groups in total. The zero-order valence-corrected chi connectivity index (χ0v) is 18.6. The molecular formula is C14H6Br4N2O6. The van der Waals surface area contributed by atoms with E-state index < -0.39 is 22.5 Å². The second kappa shape index (κ2) is 8.03. The van der Waals surface area contributed by atoms with Gasteiger partial charge in [0.05, 0.1) is 21.7 Å². The van der Waals surface area contributed by atoms with Crippen molar-refractivity contribution < 1.29 is 24.7 Å². The monoisotopic (exact) mass is 614 g/mol. The van der Waals surface area contributed by atoms with Gasteiger partial charge in [-0.25, -0.2) is 4.79 Å². The highest BCUT2D eigenvalue weighted by Gasteiger charge is 2.28. The number of carbonyl (C=O) groups is 2. The highest BCUT2D eigenvalue weighted by atomic mass is 79.9. The summed E-state index contributed by atoms with van der Waals surface area (Å²) in [6, 6.07) is 3.08. The Bertz CT molecular complexity index is 963.